The lowest BCUT2D eigenvalue weighted by Crippen LogP contribution is -2.22. The van der Waals surface area contributed by atoms with Gasteiger partial charge in [-0.3, -0.25) is 9.59 Å². The second-order valence-electron chi connectivity index (χ2n) is 3.15. The molecule has 2 aromatic rings. The Kier molecular flexibility index (Phi) is 2.25. The van der Waals surface area contributed by atoms with Crippen molar-refractivity contribution in [3.8, 4) is 0 Å². The van der Waals surface area contributed by atoms with Crippen LogP contribution >= 0.6 is 0 Å². The Hall–Kier alpha value is -2.10. The summed E-state index contributed by atoms with van der Waals surface area (Å²) in [5, 5.41) is 0. The van der Waals surface area contributed by atoms with Gasteiger partial charge >= 0.3 is 0 Å². The Morgan fingerprint density at radius 3 is 2.47 bits per heavy atom. The average molecular weight is 203 g/mol. The first-order valence-corrected chi connectivity index (χ1v) is 4.48. The van der Waals surface area contributed by atoms with Crippen LogP contribution in [0.2, 0.25) is 0 Å². The van der Waals surface area contributed by atoms with Crippen LogP contribution in [0.4, 0.5) is 0 Å². The van der Waals surface area contributed by atoms with Crippen molar-refractivity contribution in [1.29, 1.82) is 0 Å². The summed E-state index contributed by atoms with van der Waals surface area (Å²) in [4.78, 5) is 23.1. The molecule has 4 nitrogen and oxygen atoms in total. The summed E-state index contributed by atoms with van der Waals surface area (Å²) < 4.78 is 5.74. The van der Waals surface area contributed by atoms with Crippen LogP contribution in [-0.4, -0.2) is 10.6 Å². The first kappa shape index (κ1) is 9.45. The van der Waals surface area contributed by atoms with Crippen molar-refractivity contribution in [2.75, 3.05) is 0 Å². The second-order valence-corrected chi connectivity index (χ2v) is 3.15. The van der Waals surface area contributed by atoms with E-state index in [0.717, 1.165) is 4.74 Å². The molecule has 1 heterocycles. The van der Waals surface area contributed by atoms with Crippen molar-refractivity contribution >= 4 is 5.91 Å². The number of benzene rings is 1. The Morgan fingerprint density at radius 2 is 1.93 bits per heavy atom. The van der Waals surface area contributed by atoms with E-state index in [2.05, 4.69) is 0 Å². The molecule has 0 amide bonds. The molecule has 0 N–H and O–H groups in total. The van der Waals surface area contributed by atoms with Gasteiger partial charge in [-0.25, -0.2) is 0 Å². The Labute approximate surface area is 85.7 Å². The molecule has 0 aliphatic carbocycles. The summed E-state index contributed by atoms with van der Waals surface area (Å²) in [6.45, 7) is 1.62. The van der Waals surface area contributed by atoms with Gasteiger partial charge in [-0.15, -0.1) is 0 Å². The Morgan fingerprint density at radius 1 is 1.27 bits per heavy atom. The van der Waals surface area contributed by atoms with Gasteiger partial charge in [0, 0.05) is 11.6 Å². The number of hydrogen-bond acceptors (Lipinski definition) is 3. The maximum absolute atomic E-state index is 11.7. The van der Waals surface area contributed by atoms with Crippen molar-refractivity contribution in [1.82, 2.24) is 4.74 Å². The minimum absolute atomic E-state index is 0.421. The van der Waals surface area contributed by atoms with Gasteiger partial charge in [0.1, 0.15) is 5.76 Å². The highest BCUT2D eigenvalue weighted by atomic mass is 16.5. The Bertz CT molecular complexity index is 536. The highest BCUT2D eigenvalue weighted by molar-refractivity contribution is 5.94. The van der Waals surface area contributed by atoms with Crippen molar-refractivity contribution in [3.05, 3.63) is 58.1 Å². The van der Waals surface area contributed by atoms with E-state index < -0.39 is 11.5 Å². The van der Waals surface area contributed by atoms with Crippen LogP contribution < -0.4 is 5.56 Å². The molecule has 0 spiro atoms. The molecule has 0 aliphatic rings. The lowest BCUT2D eigenvalue weighted by molar-refractivity contribution is 0.0834. The molecular formula is C11H9NO3. The third-order valence-corrected chi connectivity index (χ3v) is 1.97. The molecule has 2 rings (SSSR count). The van der Waals surface area contributed by atoms with Crippen LogP contribution in [0.1, 0.15) is 16.1 Å². The maximum atomic E-state index is 11.7. The summed E-state index contributed by atoms with van der Waals surface area (Å²) in [7, 11) is 0. The molecule has 4 heteroatoms. The van der Waals surface area contributed by atoms with Crippen LogP contribution in [0, 0.1) is 6.92 Å². The molecule has 76 valence electrons. The topological polar surface area (TPSA) is 52.2 Å². The molecule has 0 saturated carbocycles. The molecular weight excluding hydrogens is 194 g/mol. The molecule has 0 unspecified atom stereocenters. The van der Waals surface area contributed by atoms with Crippen molar-refractivity contribution in [2.45, 2.75) is 6.92 Å². The van der Waals surface area contributed by atoms with Gasteiger partial charge in [-0.1, -0.05) is 22.9 Å². The summed E-state index contributed by atoms with van der Waals surface area (Å²) in [6, 6.07) is 9.80. The van der Waals surface area contributed by atoms with Crippen LogP contribution in [0.3, 0.4) is 0 Å². The van der Waals surface area contributed by atoms with Gasteiger partial charge in [0.2, 0.25) is 0 Å². The molecule has 1 aromatic heterocycles. The summed E-state index contributed by atoms with van der Waals surface area (Å²) >= 11 is 0. The fourth-order valence-corrected chi connectivity index (χ4v) is 1.29. The minimum atomic E-state index is -0.450. The third kappa shape index (κ3) is 1.74. The van der Waals surface area contributed by atoms with Gasteiger partial charge in [0.15, 0.2) is 0 Å². The number of aromatic nitrogens is 1. The first-order valence-electron chi connectivity index (χ1n) is 4.48. The van der Waals surface area contributed by atoms with E-state index in [1.165, 1.54) is 6.07 Å². The molecule has 0 fully saturated rings. The molecule has 0 radical (unpaired) electrons. The van der Waals surface area contributed by atoms with Crippen molar-refractivity contribution in [3.63, 3.8) is 0 Å². The van der Waals surface area contributed by atoms with Crippen LogP contribution in [-0.2, 0) is 0 Å². The average Bonchev–Trinajstić information content (AvgIpc) is 2.58. The van der Waals surface area contributed by atoms with Gasteiger partial charge < -0.3 is 4.52 Å². The fraction of sp³-hybridized carbons (Fsp3) is 0.0909. The zero-order valence-corrected chi connectivity index (χ0v) is 8.14. The first-order chi connectivity index (χ1) is 7.18. The number of carbonyl (C=O) groups is 1. The largest absolute Gasteiger partial charge is 0.373 e. The van der Waals surface area contributed by atoms with Gasteiger partial charge in [-0.2, -0.15) is 0 Å². The van der Waals surface area contributed by atoms with Crippen LogP contribution in [0.15, 0.2) is 45.7 Å². The van der Waals surface area contributed by atoms with E-state index >= 15 is 0 Å². The van der Waals surface area contributed by atoms with Gasteiger partial charge in [-0.05, 0) is 19.1 Å². The standard InChI is InChI=1S/C11H9NO3/c1-8-7-10(13)12(15-8)11(14)9-5-3-2-4-6-9/h2-7H,1H3. The SMILES string of the molecule is Cc1cc(=O)n(C(=O)c2ccccc2)o1. The lowest BCUT2D eigenvalue weighted by Gasteiger charge is -1.97. The second kappa shape index (κ2) is 3.57. The zero-order valence-electron chi connectivity index (χ0n) is 8.14. The summed E-state index contributed by atoms with van der Waals surface area (Å²) in [5.41, 5.74) is -0.0182. The van der Waals surface area contributed by atoms with E-state index in [9.17, 15) is 9.59 Å². The predicted octanol–water partition coefficient (Wildman–Crippen LogP) is 1.44. The third-order valence-electron chi connectivity index (χ3n) is 1.97. The number of aryl methyl sites for hydroxylation is 1. The van der Waals surface area contributed by atoms with Crippen molar-refractivity contribution < 1.29 is 9.32 Å². The number of rotatable bonds is 1. The lowest BCUT2D eigenvalue weighted by atomic mass is 10.2. The normalized spacial score (nSPS) is 10.2. The smallest absolute Gasteiger partial charge is 0.294 e. The van der Waals surface area contributed by atoms with Gasteiger partial charge in [0.05, 0.1) is 0 Å². The molecule has 0 bridgehead atoms. The highest BCUT2D eigenvalue weighted by Crippen LogP contribution is 2.02. The monoisotopic (exact) mass is 203 g/mol. The van der Waals surface area contributed by atoms with E-state index in [1.807, 2.05) is 0 Å². The summed E-state index contributed by atoms with van der Waals surface area (Å²) in [5.74, 6) is -0.0296. The highest BCUT2D eigenvalue weighted by Gasteiger charge is 2.13. The molecule has 0 saturated heterocycles. The zero-order chi connectivity index (χ0) is 10.8. The molecule has 15 heavy (non-hydrogen) atoms. The van der Waals surface area contributed by atoms with Gasteiger partial charge in [0.25, 0.3) is 11.5 Å². The van der Waals surface area contributed by atoms with Crippen LogP contribution in [0.5, 0.6) is 0 Å². The Balaban J connectivity index is 2.46. The fourth-order valence-electron chi connectivity index (χ4n) is 1.29. The van der Waals surface area contributed by atoms with E-state index in [1.54, 1.807) is 37.3 Å². The van der Waals surface area contributed by atoms with E-state index in [0.29, 0.717) is 11.3 Å². The molecule has 1 aromatic carbocycles. The van der Waals surface area contributed by atoms with E-state index in [4.69, 9.17) is 4.52 Å². The maximum Gasteiger partial charge on any atom is 0.294 e. The number of nitrogens with zero attached hydrogens (tertiary/aromatic N) is 1. The van der Waals surface area contributed by atoms with Crippen molar-refractivity contribution in [2.24, 2.45) is 0 Å². The summed E-state index contributed by atoms with van der Waals surface area (Å²) in [6.07, 6.45) is 0. The molecule has 0 atom stereocenters. The number of carbonyl (C=O) groups excluding carboxylic acids is 1. The predicted molar refractivity (Wildman–Crippen MR) is 53.9 cm³/mol. The molecule has 0 aliphatic heterocycles. The number of hydrogen-bond donors (Lipinski definition) is 0. The van der Waals surface area contributed by atoms with E-state index in [-0.39, 0.29) is 0 Å². The quantitative estimate of drug-likeness (QED) is 0.704. The minimum Gasteiger partial charge on any atom is -0.373 e. The van der Waals surface area contributed by atoms with Crippen LogP contribution in [0.25, 0.3) is 0 Å².